The Hall–Kier alpha value is -1.55. The summed E-state index contributed by atoms with van der Waals surface area (Å²) in [6.07, 6.45) is 5.36. The molecule has 3 rings (SSSR count). The number of pyridine rings is 1. The molecule has 0 atom stereocenters. The van der Waals surface area contributed by atoms with Crippen molar-refractivity contribution in [3.63, 3.8) is 0 Å². The summed E-state index contributed by atoms with van der Waals surface area (Å²) in [6, 6.07) is 6.41. The molecular formula is C13H18N4. The van der Waals surface area contributed by atoms with Gasteiger partial charge in [0.1, 0.15) is 12.1 Å². The van der Waals surface area contributed by atoms with Crippen molar-refractivity contribution in [1.29, 1.82) is 0 Å². The van der Waals surface area contributed by atoms with Crippen molar-refractivity contribution in [3.05, 3.63) is 30.2 Å². The third-order valence-electron chi connectivity index (χ3n) is 3.44. The predicted octanol–water partition coefficient (Wildman–Crippen LogP) is 1.44. The third-order valence-corrected chi connectivity index (χ3v) is 3.44. The van der Waals surface area contributed by atoms with Crippen LogP contribution in [0.15, 0.2) is 24.5 Å². The Bertz CT molecular complexity index is 511. The zero-order valence-electron chi connectivity index (χ0n) is 9.97. The highest BCUT2D eigenvalue weighted by molar-refractivity contribution is 5.59. The number of nitrogens with zero attached hydrogens (tertiary/aromatic N) is 3. The molecule has 2 N–H and O–H groups in total. The molecule has 2 aromatic rings. The maximum atomic E-state index is 5.61. The smallest absolute Gasteiger partial charge is 0.114 e. The number of imidazole rings is 1. The Balaban J connectivity index is 2.06. The van der Waals surface area contributed by atoms with Crippen molar-refractivity contribution in [1.82, 2.24) is 9.38 Å². The summed E-state index contributed by atoms with van der Waals surface area (Å²) in [5, 5.41) is 0. The van der Waals surface area contributed by atoms with Gasteiger partial charge in [0.15, 0.2) is 0 Å². The average molecular weight is 230 g/mol. The minimum absolute atomic E-state index is 0.653. The Morgan fingerprint density at radius 3 is 2.82 bits per heavy atom. The van der Waals surface area contributed by atoms with E-state index >= 15 is 0 Å². The number of aromatic nitrogens is 2. The Labute approximate surface area is 101 Å². The van der Waals surface area contributed by atoms with Crippen molar-refractivity contribution < 1.29 is 0 Å². The standard InChI is InChI=1S/C13H18N4/c14-7-6-11-12-4-3-5-13(17(12)10-15-11)16-8-1-2-9-16/h3-5,10H,1-2,6-9,14H2. The summed E-state index contributed by atoms with van der Waals surface area (Å²) in [4.78, 5) is 6.90. The number of hydrogen-bond donors (Lipinski definition) is 1. The van der Waals surface area contributed by atoms with Gasteiger partial charge in [0.25, 0.3) is 0 Å². The van der Waals surface area contributed by atoms with Gasteiger partial charge < -0.3 is 10.6 Å². The Morgan fingerprint density at radius 1 is 1.24 bits per heavy atom. The van der Waals surface area contributed by atoms with Gasteiger partial charge in [-0.15, -0.1) is 0 Å². The van der Waals surface area contributed by atoms with E-state index in [9.17, 15) is 0 Å². The molecule has 4 nitrogen and oxygen atoms in total. The molecule has 17 heavy (non-hydrogen) atoms. The SMILES string of the molecule is NCCc1ncn2c(N3CCCC3)cccc12. The number of anilines is 1. The highest BCUT2D eigenvalue weighted by Gasteiger charge is 2.15. The topological polar surface area (TPSA) is 46.6 Å². The van der Waals surface area contributed by atoms with Crippen LogP contribution in [0.1, 0.15) is 18.5 Å². The Morgan fingerprint density at radius 2 is 2.06 bits per heavy atom. The van der Waals surface area contributed by atoms with Gasteiger partial charge in [-0.2, -0.15) is 0 Å². The molecule has 2 aromatic heterocycles. The third kappa shape index (κ3) is 1.78. The Kier molecular flexibility index (Phi) is 2.73. The first-order valence-electron chi connectivity index (χ1n) is 6.30. The van der Waals surface area contributed by atoms with Gasteiger partial charge in [0.05, 0.1) is 11.2 Å². The molecule has 90 valence electrons. The van der Waals surface area contributed by atoms with Crippen LogP contribution in [0.4, 0.5) is 5.82 Å². The maximum Gasteiger partial charge on any atom is 0.114 e. The minimum Gasteiger partial charge on any atom is -0.358 e. The molecule has 3 heterocycles. The summed E-state index contributed by atoms with van der Waals surface area (Å²) in [5.74, 6) is 1.26. The second-order valence-corrected chi connectivity index (χ2v) is 4.56. The lowest BCUT2D eigenvalue weighted by Gasteiger charge is -2.19. The monoisotopic (exact) mass is 230 g/mol. The van der Waals surface area contributed by atoms with Crippen LogP contribution in [0, 0.1) is 0 Å². The molecule has 1 fully saturated rings. The van der Waals surface area contributed by atoms with Crippen LogP contribution in [-0.2, 0) is 6.42 Å². The normalized spacial score (nSPS) is 15.9. The van der Waals surface area contributed by atoms with E-state index in [0.29, 0.717) is 6.54 Å². The van der Waals surface area contributed by atoms with Crippen LogP contribution in [0.5, 0.6) is 0 Å². The fraction of sp³-hybridized carbons (Fsp3) is 0.462. The van der Waals surface area contributed by atoms with Gasteiger partial charge in [0, 0.05) is 19.5 Å². The van der Waals surface area contributed by atoms with Crippen molar-refractivity contribution in [3.8, 4) is 0 Å². The largest absolute Gasteiger partial charge is 0.358 e. The highest BCUT2D eigenvalue weighted by Crippen LogP contribution is 2.23. The molecule has 0 aliphatic carbocycles. The van der Waals surface area contributed by atoms with Crippen molar-refractivity contribution in [2.24, 2.45) is 5.73 Å². The van der Waals surface area contributed by atoms with Crippen LogP contribution in [0.2, 0.25) is 0 Å². The number of nitrogens with two attached hydrogens (primary N) is 1. The first-order chi connectivity index (χ1) is 8.40. The van der Waals surface area contributed by atoms with Crippen LogP contribution in [0.25, 0.3) is 5.52 Å². The number of fused-ring (bicyclic) bond motifs is 1. The lowest BCUT2D eigenvalue weighted by molar-refractivity contribution is 0.916. The first-order valence-corrected chi connectivity index (χ1v) is 6.30. The molecule has 0 bridgehead atoms. The molecule has 0 radical (unpaired) electrons. The van der Waals surface area contributed by atoms with Crippen molar-refractivity contribution >= 4 is 11.3 Å². The zero-order valence-corrected chi connectivity index (χ0v) is 9.97. The number of rotatable bonds is 3. The van der Waals surface area contributed by atoms with Crippen LogP contribution in [-0.4, -0.2) is 29.0 Å². The second kappa shape index (κ2) is 4.37. The van der Waals surface area contributed by atoms with E-state index in [1.807, 2.05) is 6.33 Å². The van der Waals surface area contributed by atoms with Gasteiger partial charge >= 0.3 is 0 Å². The van der Waals surface area contributed by atoms with Crippen molar-refractivity contribution in [2.75, 3.05) is 24.5 Å². The van der Waals surface area contributed by atoms with E-state index in [4.69, 9.17) is 5.73 Å². The fourth-order valence-corrected chi connectivity index (χ4v) is 2.59. The molecule has 1 aliphatic rings. The van der Waals surface area contributed by atoms with Gasteiger partial charge in [-0.25, -0.2) is 4.98 Å². The summed E-state index contributed by atoms with van der Waals surface area (Å²) < 4.78 is 2.19. The quantitative estimate of drug-likeness (QED) is 0.867. The summed E-state index contributed by atoms with van der Waals surface area (Å²) in [5.41, 5.74) is 7.91. The fourth-order valence-electron chi connectivity index (χ4n) is 2.59. The lowest BCUT2D eigenvalue weighted by Crippen LogP contribution is -2.20. The van der Waals surface area contributed by atoms with E-state index in [2.05, 4.69) is 32.5 Å². The van der Waals surface area contributed by atoms with Gasteiger partial charge in [-0.1, -0.05) is 6.07 Å². The average Bonchev–Trinajstić information content (AvgIpc) is 2.98. The van der Waals surface area contributed by atoms with Crippen LogP contribution >= 0.6 is 0 Å². The van der Waals surface area contributed by atoms with Crippen LogP contribution in [0.3, 0.4) is 0 Å². The molecular weight excluding hydrogens is 212 g/mol. The second-order valence-electron chi connectivity index (χ2n) is 4.56. The minimum atomic E-state index is 0.653. The summed E-state index contributed by atoms with van der Waals surface area (Å²) in [7, 11) is 0. The van der Waals surface area contributed by atoms with E-state index in [1.54, 1.807) is 0 Å². The van der Waals surface area contributed by atoms with Gasteiger partial charge in [0.2, 0.25) is 0 Å². The summed E-state index contributed by atoms with van der Waals surface area (Å²) >= 11 is 0. The molecule has 0 saturated carbocycles. The predicted molar refractivity (Wildman–Crippen MR) is 69.4 cm³/mol. The van der Waals surface area contributed by atoms with E-state index in [1.165, 1.54) is 24.2 Å². The van der Waals surface area contributed by atoms with E-state index in [0.717, 1.165) is 25.2 Å². The van der Waals surface area contributed by atoms with Gasteiger partial charge in [-0.3, -0.25) is 4.40 Å². The van der Waals surface area contributed by atoms with Crippen LogP contribution < -0.4 is 10.6 Å². The maximum absolute atomic E-state index is 5.61. The lowest BCUT2D eigenvalue weighted by atomic mass is 10.2. The van der Waals surface area contributed by atoms with E-state index < -0.39 is 0 Å². The molecule has 1 saturated heterocycles. The first kappa shape index (κ1) is 10.6. The van der Waals surface area contributed by atoms with Gasteiger partial charge in [-0.05, 0) is 31.5 Å². The molecule has 4 heteroatoms. The van der Waals surface area contributed by atoms with E-state index in [-0.39, 0.29) is 0 Å². The zero-order chi connectivity index (χ0) is 11.7. The number of hydrogen-bond acceptors (Lipinski definition) is 3. The molecule has 0 spiro atoms. The molecule has 1 aliphatic heterocycles. The molecule has 0 aromatic carbocycles. The van der Waals surface area contributed by atoms with Crippen molar-refractivity contribution in [2.45, 2.75) is 19.3 Å². The highest BCUT2D eigenvalue weighted by atomic mass is 15.2. The molecule has 0 unspecified atom stereocenters. The summed E-state index contributed by atoms with van der Waals surface area (Å²) in [6.45, 7) is 2.97. The molecule has 0 amide bonds.